The van der Waals surface area contributed by atoms with Gasteiger partial charge < -0.3 is 14.7 Å². The highest BCUT2D eigenvalue weighted by Gasteiger charge is 2.35. The molecule has 138 valence electrons. The quantitative estimate of drug-likeness (QED) is 0.859. The molecule has 0 spiro atoms. The van der Waals surface area contributed by atoms with Crippen LogP contribution in [0.1, 0.15) is 50.4 Å². The number of rotatable bonds is 6. The van der Waals surface area contributed by atoms with E-state index in [0.29, 0.717) is 30.6 Å². The first-order valence-electron chi connectivity index (χ1n) is 8.97. The molecule has 1 aromatic carbocycles. The minimum atomic E-state index is -0.374. The Balaban J connectivity index is 1.58. The maximum atomic E-state index is 12.4. The number of hydrogen-bond donors (Lipinski definition) is 1. The molecule has 3 rings (SSSR count). The molecule has 0 aliphatic carbocycles. The number of nitrogens with zero attached hydrogens (tertiary/aromatic N) is 3. The number of hydrogen-bond acceptors (Lipinski definition) is 5. The highest BCUT2D eigenvalue weighted by Crippen LogP contribution is 2.27. The first-order valence-corrected chi connectivity index (χ1v) is 8.97. The summed E-state index contributed by atoms with van der Waals surface area (Å²) in [6.07, 6.45) is 0.890. The van der Waals surface area contributed by atoms with Crippen LogP contribution in [0.4, 0.5) is 5.69 Å². The van der Waals surface area contributed by atoms with E-state index < -0.39 is 0 Å². The molecule has 1 aliphatic heterocycles. The van der Waals surface area contributed by atoms with Gasteiger partial charge in [-0.3, -0.25) is 9.59 Å². The van der Waals surface area contributed by atoms with E-state index in [9.17, 15) is 9.59 Å². The second kappa shape index (κ2) is 7.68. The van der Waals surface area contributed by atoms with E-state index in [1.165, 1.54) is 5.56 Å². The van der Waals surface area contributed by atoms with Crippen LogP contribution in [0.3, 0.4) is 0 Å². The molecule has 26 heavy (non-hydrogen) atoms. The second-order valence-electron chi connectivity index (χ2n) is 6.83. The summed E-state index contributed by atoms with van der Waals surface area (Å²) in [7, 11) is 0. The predicted molar refractivity (Wildman–Crippen MR) is 96.5 cm³/mol. The van der Waals surface area contributed by atoms with Gasteiger partial charge in [-0.1, -0.05) is 38.1 Å². The molecular weight excluding hydrogens is 332 g/mol. The van der Waals surface area contributed by atoms with E-state index in [1.54, 1.807) is 4.90 Å². The summed E-state index contributed by atoms with van der Waals surface area (Å²) in [4.78, 5) is 30.5. The number of nitrogens with one attached hydrogen (secondary N) is 1. The molecule has 7 nitrogen and oxygen atoms in total. The van der Waals surface area contributed by atoms with Gasteiger partial charge in [0.1, 0.15) is 0 Å². The van der Waals surface area contributed by atoms with Gasteiger partial charge in [-0.05, 0) is 23.6 Å². The number of amides is 2. The molecule has 7 heteroatoms. The maximum Gasteiger partial charge on any atom is 0.246 e. The molecule has 2 amide bonds. The Labute approximate surface area is 152 Å². The van der Waals surface area contributed by atoms with Crippen LogP contribution < -0.4 is 10.2 Å². The van der Waals surface area contributed by atoms with E-state index in [4.69, 9.17) is 4.52 Å². The monoisotopic (exact) mass is 356 g/mol. The molecule has 1 unspecified atom stereocenters. The summed E-state index contributed by atoms with van der Waals surface area (Å²) in [5.74, 6) is 0.849. The number of carbonyl (C=O) groups is 2. The van der Waals surface area contributed by atoms with Crippen molar-refractivity contribution in [1.29, 1.82) is 0 Å². The standard InChI is InChI=1S/C19H24N4O3/c1-4-16-21-17(26-22-16)10-20-19(25)14-9-18(24)23(11-14)15-7-5-13(6-8-15)12(2)3/h5-8,12,14H,4,9-11H2,1-3H3,(H,20,25). The molecule has 1 aromatic heterocycles. The van der Waals surface area contributed by atoms with E-state index in [-0.39, 0.29) is 30.7 Å². The zero-order valence-electron chi connectivity index (χ0n) is 15.4. The Hall–Kier alpha value is -2.70. The lowest BCUT2D eigenvalue weighted by Gasteiger charge is -2.17. The zero-order chi connectivity index (χ0) is 18.7. The van der Waals surface area contributed by atoms with Gasteiger partial charge in [-0.15, -0.1) is 0 Å². The molecule has 1 atom stereocenters. The van der Waals surface area contributed by atoms with Crippen molar-refractivity contribution in [2.24, 2.45) is 5.92 Å². The minimum absolute atomic E-state index is 0.0338. The van der Waals surface area contributed by atoms with Crippen molar-refractivity contribution in [2.75, 3.05) is 11.4 Å². The highest BCUT2D eigenvalue weighted by molar-refractivity contribution is 6.00. The molecular formula is C19H24N4O3. The second-order valence-corrected chi connectivity index (χ2v) is 6.83. The Morgan fingerprint density at radius 1 is 1.35 bits per heavy atom. The summed E-state index contributed by atoms with van der Waals surface area (Å²) in [6, 6.07) is 7.94. The fourth-order valence-corrected chi connectivity index (χ4v) is 2.98. The lowest BCUT2D eigenvalue weighted by molar-refractivity contribution is -0.126. The summed E-state index contributed by atoms with van der Waals surface area (Å²) in [5, 5.41) is 6.57. The molecule has 2 heterocycles. The van der Waals surface area contributed by atoms with Gasteiger partial charge in [-0.2, -0.15) is 4.98 Å². The maximum absolute atomic E-state index is 12.4. The summed E-state index contributed by atoms with van der Waals surface area (Å²) in [5.41, 5.74) is 2.06. The smallest absolute Gasteiger partial charge is 0.246 e. The zero-order valence-corrected chi connectivity index (χ0v) is 15.4. The molecule has 1 saturated heterocycles. The summed E-state index contributed by atoms with van der Waals surface area (Å²) < 4.78 is 5.06. The number of aromatic nitrogens is 2. The predicted octanol–water partition coefficient (Wildman–Crippen LogP) is 2.42. The van der Waals surface area contributed by atoms with E-state index in [2.05, 4.69) is 29.3 Å². The van der Waals surface area contributed by atoms with Crippen LogP contribution in [0, 0.1) is 5.92 Å². The van der Waals surface area contributed by atoms with Crippen molar-refractivity contribution in [3.8, 4) is 0 Å². The van der Waals surface area contributed by atoms with Crippen molar-refractivity contribution < 1.29 is 14.1 Å². The molecule has 0 bridgehead atoms. The van der Waals surface area contributed by atoms with Crippen LogP contribution in [0.2, 0.25) is 0 Å². The lowest BCUT2D eigenvalue weighted by atomic mass is 10.0. The molecule has 1 N–H and O–H groups in total. The third-order valence-electron chi connectivity index (χ3n) is 4.61. The Kier molecular flexibility index (Phi) is 5.35. The van der Waals surface area contributed by atoms with Gasteiger partial charge in [0.2, 0.25) is 17.7 Å². The van der Waals surface area contributed by atoms with Crippen molar-refractivity contribution in [2.45, 2.75) is 46.1 Å². The topological polar surface area (TPSA) is 88.3 Å². The summed E-state index contributed by atoms with van der Waals surface area (Å²) in [6.45, 7) is 6.75. The number of carbonyl (C=O) groups excluding carboxylic acids is 2. The molecule has 2 aromatic rings. The molecule has 1 fully saturated rings. The van der Waals surface area contributed by atoms with Crippen LogP contribution in [-0.4, -0.2) is 28.5 Å². The Morgan fingerprint density at radius 2 is 2.08 bits per heavy atom. The normalized spacial score (nSPS) is 17.2. The van der Waals surface area contributed by atoms with Gasteiger partial charge in [0.05, 0.1) is 12.5 Å². The van der Waals surface area contributed by atoms with Crippen molar-refractivity contribution >= 4 is 17.5 Å². The average Bonchev–Trinajstić information content (AvgIpc) is 3.26. The van der Waals surface area contributed by atoms with Crippen LogP contribution in [0.25, 0.3) is 0 Å². The van der Waals surface area contributed by atoms with Gasteiger partial charge in [0, 0.05) is 25.1 Å². The third-order valence-corrected chi connectivity index (χ3v) is 4.61. The Bertz CT molecular complexity index is 782. The Morgan fingerprint density at radius 3 is 2.69 bits per heavy atom. The number of benzene rings is 1. The van der Waals surface area contributed by atoms with Crippen molar-refractivity contribution in [1.82, 2.24) is 15.5 Å². The number of anilines is 1. The fourth-order valence-electron chi connectivity index (χ4n) is 2.98. The van der Waals surface area contributed by atoms with E-state index in [0.717, 1.165) is 5.69 Å². The van der Waals surface area contributed by atoms with Crippen LogP contribution in [0.15, 0.2) is 28.8 Å². The van der Waals surface area contributed by atoms with Crippen LogP contribution in [0.5, 0.6) is 0 Å². The molecule has 0 radical (unpaired) electrons. The van der Waals surface area contributed by atoms with Crippen LogP contribution in [-0.2, 0) is 22.6 Å². The minimum Gasteiger partial charge on any atom is -0.347 e. The van der Waals surface area contributed by atoms with Gasteiger partial charge in [0.25, 0.3) is 0 Å². The lowest BCUT2D eigenvalue weighted by Crippen LogP contribution is -2.32. The van der Waals surface area contributed by atoms with Crippen molar-refractivity contribution in [3.05, 3.63) is 41.5 Å². The fraction of sp³-hybridized carbons (Fsp3) is 0.474. The van der Waals surface area contributed by atoms with Crippen LogP contribution >= 0.6 is 0 Å². The summed E-state index contributed by atoms with van der Waals surface area (Å²) >= 11 is 0. The highest BCUT2D eigenvalue weighted by atomic mass is 16.5. The SMILES string of the molecule is CCc1noc(CNC(=O)C2CC(=O)N(c3ccc(C(C)C)cc3)C2)n1. The van der Waals surface area contributed by atoms with Crippen molar-refractivity contribution in [3.63, 3.8) is 0 Å². The average molecular weight is 356 g/mol. The largest absolute Gasteiger partial charge is 0.347 e. The van der Waals surface area contributed by atoms with E-state index in [1.807, 2.05) is 31.2 Å². The first-order chi connectivity index (χ1) is 12.5. The first kappa shape index (κ1) is 18.1. The van der Waals surface area contributed by atoms with Gasteiger partial charge in [0.15, 0.2) is 5.82 Å². The van der Waals surface area contributed by atoms with Gasteiger partial charge >= 0.3 is 0 Å². The molecule has 1 aliphatic rings. The number of aryl methyl sites for hydroxylation is 1. The van der Waals surface area contributed by atoms with E-state index >= 15 is 0 Å². The van der Waals surface area contributed by atoms with Gasteiger partial charge in [-0.25, -0.2) is 0 Å². The third kappa shape index (κ3) is 3.92. The molecule has 0 saturated carbocycles.